The number of para-hydroxylation sites is 2. The van der Waals surface area contributed by atoms with Gasteiger partial charge in [-0.3, -0.25) is 0 Å². The lowest BCUT2D eigenvalue weighted by atomic mass is 9.95. The molecule has 7 aromatic rings. The van der Waals surface area contributed by atoms with Crippen LogP contribution in [0.1, 0.15) is 101 Å². The molecule has 0 amide bonds. The molecular weight excluding hydrogens is 920 g/mol. The van der Waals surface area contributed by atoms with E-state index >= 15 is 0 Å². The van der Waals surface area contributed by atoms with Gasteiger partial charge in [-0.15, -0.1) is 0 Å². The van der Waals surface area contributed by atoms with Gasteiger partial charge in [-0.1, -0.05) is 138 Å². The Labute approximate surface area is 443 Å². The highest BCUT2D eigenvalue weighted by Crippen LogP contribution is 2.31. The van der Waals surface area contributed by atoms with Crippen LogP contribution < -0.4 is 39.6 Å². The van der Waals surface area contributed by atoms with Crippen molar-refractivity contribution >= 4 is 56.9 Å². The van der Waals surface area contributed by atoms with E-state index in [0.717, 1.165) is 92.8 Å². The third kappa shape index (κ3) is 23.3. The van der Waals surface area contributed by atoms with Crippen LogP contribution in [0.3, 0.4) is 0 Å². The van der Waals surface area contributed by atoms with E-state index in [1.165, 1.54) is 62.6 Å². The van der Waals surface area contributed by atoms with Crippen molar-refractivity contribution in [2.75, 3.05) is 35.2 Å². The summed E-state index contributed by atoms with van der Waals surface area (Å²) in [5.74, 6) is 1.47. The fraction of sp³-hybridized carbons (Fsp3) is 0.323. The maximum atomic E-state index is 5.68. The molecule has 0 spiro atoms. The Hall–Kier alpha value is -7.17. The Morgan fingerprint density at radius 3 is 1.42 bits per heavy atom. The molecule has 73 heavy (non-hydrogen) atoms. The first-order valence-corrected chi connectivity index (χ1v) is 25.8. The molecule has 7 aromatic carbocycles. The molecule has 11 heteroatoms. The van der Waals surface area contributed by atoms with Crippen LogP contribution in [-0.4, -0.2) is 13.1 Å². The molecule has 386 valence electrons. The van der Waals surface area contributed by atoms with Crippen LogP contribution in [0, 0.1) is 39.5 Å². The number of rotatable bonds is 19. The SMILES string of the molecule is CCCCC(CC)CN(CC(CC)CCCC)c1ccc(N=Nc2ccc(N=Nc3ccccc3)c(C)c2)c(C)c1.Cc1cc(N)ccc1[NH+]=Nc1ccccc1.Cc1cccc(N)c1.Nc1ccccc1.[Cl-]. The van der Waals surface area contributed by atoms with Crippen molar-refractivity contribution in [2.24, 2.45) is 37.4 Å². The van der Waals surface area contributed by atoms with Gasteiger partial charge in [0, 0.05) is 47.5 Å². The molecule has 7 N–H and O–H groups in total. The highest BCUT2D eigenvalue weighted by molar-refractivity contribution is 5.59. The maximum Gasteiger partial charge on any atom is 0.232 e. The van der Waals surface area contributed by atoms with Crippen LogP contribution in [0.25, 0.3) is 0 Å². The molecule has 7 rings (SSSR count). The van der Waals surface area contributed by atoms with Crippen LogP contribution in [-0.2, 0) is 0 Å². The number of anilines is 4. The predicted molar refractivity (Wildman–Crippen MR) is 307 cm³/mol. The minimum absolute atomic E-state index is 0. The van der Waals surface area contributed by atoms with Gasteiger partial charge in [-0.2, -0.15) is 20.5 Å². The monoisotopic (exact) mass is 1000 g/mol. The Kier molecular flexibility index (Phi) is 28.2. The van der Waals surface area contributed by atoms with Crippen LogP contribution in [0.2, 0.25) is 0 Å². The Morgan fingerprint density at radius 1 is 0.452 bits per heavy atom. The lowest BCUT2D eigenvalue weighted by molar-refractivity contribution is -0.433. The summed E-state index contributed by atoms with van der Waals surface area (Å²) in [7, 11) is 0. The summed E-state index contributed by atoms with van der Waals surface area (Å²) in [6.45, 7) is 19.8. The van der Waals surface area contributed by atoms with Gasteiger partial charge in [0.25, 0.3) is 0 Å². The molecule has 0 bridgehead atoms. The first kappa shape index (κ1) is 60.1. The number of benzene rings is 7. The van der Waals surface area contributed by atoms with Crippen LogP contribution in [0.5, 0.6) is 0 Å². The van der Waals surface area contributed by atoms with Crippen molar-refractivity contribution in [1.29, 1.82) is 0 Å². The predicted octanol–water partition coefficient (Wildman–Crippen LogP) is 14.3. The summed E-state index contributed by atoms with van der Waals surface area (Å²) in [5.41, 5.74) is 30.0. The number of azo groups is 3. The van der Waals surface area contributed by atoms with E-state index in [1.54, 1.807) is 0 Å². The van der Waals surface area contributed by atoms with E-state index in [4.69, 9.17) is 17.2 Å². The second-order valence-corrected chi connectivity index (χ2v) is 18.4. The number of aryl methyl sites for hydroxylation is 4. The number of nitrogens with two attached hydrogens (primary N) is 3. The van der Waals surface area contributed by atoms with E-state index in [1.807, 2.05) is 172 Å². The number of halogens is 1. The molecule has 0 radical (unpaired) electrons. The fourth-order valence-electron chi connectivity index (χ4n) is 7.79. The molecule has 0 heterocycles. The quantitative estimate of drug-likeness (QED) is 0.0470. The zero-order valence-electron chi connectivity index (χ0n) is 44.7. The number of hydrogen-bond donors (Lipinski definition) is 4. The Bertz CT molecular complexity index is 2660. The maximum absolute atomic E-state index is 5.68. The standard InChI is InChI=1S/C36H51N5.C13H13N3.C7H9N.C6H7N.ClH/c1-7-11-16-30(9-3)26-41(27-31(10-4)17-12-8-2)34-21-23-36(29(6)25-34)40-38-33-20-22-35(28(5)24-33)39-37-32-18-14-13-15-19-32;1-10-9-11(14)7-8-13(10)16-15-12-5-3-2-4-6-12;1-6-3-2-4-7(8)5-6;7-6-4-2-1-3-5-6;/h13-15,18-25,30-31H,7-12,16-17,26-27H2,1-6H3;2-9H,14H2,1H3;2-5H,8H2,1H3;1-5H,7H2;1H. The summed E-state index contributed by atoms with van der Waals surface area (Å²) in [6, 6.07) is 55.1. The number of hydrogen-bond acceptors (Lipinski definition) is 9. The summed E-state index contributed by atoms with van der Waals surface area (Å²) < 4.78 is 0. The van der Waals surface area contributed by atoms with Gasteiger partial charge in [0.15, 0.2) is 0 Å². The van der Waals surface area contributed by atoms with Gasteiger partial charge >= 0.3 is 0 Å². The minimum atomic E-state index is 0. The molecule has 2 unspecified atom stereocenters. The van der Waals surface area contributed by atoms with E-state index in [9.17, 15) is 0 Å². The van der Waals surface area contributed by atoms with E-state index in [0.29, 0.717) is 0 Å². The number of unbranched alkanes of at least 4 members (excludes halogenated alkanes) is 2. The summed E-state index contributed by atoms with van der Waals surface area (Å²) >= 11 is 0. The summed E-state index contributed by atoms with van der Waals surface area (Å²) in [4.78, 5) is 2.66. The van der Waals surface area contributed by atoms with Crippen molar-refractivity contribution in [3.8, 4) is 0 Å². The average Bonchev–Trinajstić information content (AvgIpc) is 3.38. The highest BCUT2D eigenvalue weighted by atomic mass is 35.5. The highest BCUT2D eigenvalue weighted by Gasteiger charge is 2.18. The Balaban J connectivity index is 0.000000351. The van der Waals surface area contributed by atoms with Crippen molar-refractivity contribution in [1.82, 2.24) is 0 Å². The Morgan fingerprint density at radius 2 is 0.959 bits per heavy atom. The van der Waals surface area contributed by atoms with E-state index in [2.05, 4.69) is 88.4 Å². The average molecular weight is 1000 g/mol. The zero-order valence-corrected chi connectivity index (χ0v) is 45.4. The summed E-state index contributed by atoms with van der Waals surface area (Å²) in [6.07, 6.45) is 10.3. The van der Waals surface area contributed by atoms with Gasteiger partial charge in [-0.25, -0.2) is 0 Å². The number of nitrogen functional groups attached to an aromatic ring is 3. The molecule has 10 nitrogen and oxygen atoms in total. The lowest BCUT2D eigenvalue weighted by Crippen LogP contribution is -3.00. The van der Waals surface area contributed by atoms with Crippen LogP contribution in [0.15, 0.2) is 195 Å². The van der Waals surface area contributed by atoms with Gasteiger partial charge in [0.1, 0.15) is 5.69 Å². The van der Waals surface area contributed by atoms with Crippen LogP contribution >= 0.6 is 0 Å². The number of nitrogens with zero attached hydrogens (tertiary/aromatic N) is 6. The van der Waals surface area contributed by atoms with Gasteiger partial charge in [0.2, 0.25) is 5.69 Å². The molecular formula is C62H81ClN10. The van der Waals surface area contributed by atoms with Gasteiger partial charge in [-0.05, 0) is 171 Å². The third-order valence-electron chi connectivity index (χ3n) is 12.2. The normalized spacial score (nSPS) is 11.6. The van der Waals surface area contributed by atoms with Crippen molar-refractivity contribution in [2.45, 2.75) is 107 Å². The second-order valence-electron chi connectivity index (χ2n) is 18.4. The van der Waals surface area contributed by atoms with E-state index in [-0.39, 0.29) is 12.4 Å². The van der Waals surface area contributed by atoms with Gasteiger partial charge < -0.3 is 34.5 Å². The summed E-state index contributed by atoms with van der Waals surface area (Å²) in [5, 5.41) is 25.2. The van der Waals surface area contributed by atoms with Crippen molar-refractivity contribution in [3.63, 3.8) is 0 Å². The molecule has 0 aliphatic carbocycles. The first-order chi connectivity index (χ1) is 34.9. The molecule has 0 aliphatic rings. The lowest BCUT2D eigenvalue weighted by Gasteiger charge is -2.33. The minimum Gasteiger partial charge on any atom is -1.00 e. The molecule has 0 saturated carbocycles. The molecule has 0 aliphatic heterocycles. The number of nitrogens with one attached hydrogen (secondary N) is 1. The first-order valence-electron chi connectivity index (χ1n) is 25.8. The molecule has 0 aromatic heterocycles. The van der Waals surface area contributed by atoms with Crippen LogP contribution in [0.4, 0.5) is 56.9 Å². The van der Waals surface area contributed by atoms with Gasteiger partial charge in [0.05, 0.1) is 22.7 Å². The fourth-order valence-corrected chi connectivity index (χ4v) is 7.79. The smallest absolute Gasteiger partial charge is 0.232 e. The van der Waals surface area contributed by atoms with Crippen molar-refractivity contribution in [3.05, 3.63) is 192 Å². The van der Waals surface area contributed by atoms with E-state index < -0.39 is 0 Å². The molecule has 0 saturated heterocycles. The molecule has 0 fully saturated rings. The van der Waals surface area contributed by atoms with Crippen molar-refractivity contribution < 1.29 is 17.5 Å². The second kappa shape index (κ2) is 34.2. The zero-order chi connectivity index (χ0) is 51.9. The largest absolute Gasteiger partial charge is 1.00 e. The third-order valence-corrected chi connectivity index (χ3v) is 12.2. The molecule has 2 atom stereocenters. The topological polar surface area (TPSA) is 157 Å².